The minimum absolute atomic E-state index is 0.0518. The molecule has 0 saturated heterocycles. The lowest BCUT2D eigenvalue weighted by Gasteiger charge is -2.36. The van der Waals surface area contributed by atoms with Gasteiger partial charge in [0.1, 0.15) is 6.61 Å². The Kier molecular flexibility index (Phi) is 6.57. The molecule has 0 bridgehead atoms. The van der Waals surface area contributed by atoms with Gasteiger partial charge < -0.3 is 14.4 Å². The van der Waals surface area contributed by atoms with Crippen molar-refractivity contribution in [3.8, 4) is 0 Å². The van der Waals surface area contributed by atoms with Crippen LogP contribution in [0.1, 0.15) is 36.5 Å². The summed E-state index contributed by atoms with van der Waals surface area (Å²) in [6.45, 7) is 2.64. The summed E-state index contributed by atoms with van der Waals surface area (Å²) in [7, 11) is 0. The van der Waals surface area contributed by atoms with Gasteiger partial charge in [0, 0.05) is 17.3 Å². The number of nitro groups is 1. The van der Waals surface area contributed by atoms with Crippen LogP contribution in [0, 0.1) is 10.1 Å². The Morgan fingerprint density at radius 3 is 2.53 bits per heavy atom. The summed E-state index contributed by atoms with van der Waals surface area (Å²) in [5.74, 6) is -3.15. The SMILES string of the molecule is CCOC(=O)C1=C(C)N(Cc2ccccc2[N+](=O)[O-])C2=C(C(=O)OC2)C1c1ccccc1C(F)(F)F. The summed E-state index contributed by atoms with van der Waals surface area (Å²) in [5.41, 5.74) is -1.02. The highest BCUT2D eigenvalue weighted by Crippen LogP contribution is 2.48. The Morgan fingerprint density at radius 1 is 1.19 bits per heavy atom. The molecule has 0 spiro atoms. The van der Waals surface area contributed by atoms with Crippen LogP contribution < -0.4 is 0 Å². The molecule has 2 aromatic rings. The first-order valence-corrected chi connectivity index (χ1v) is 11.0. The maximum absolute atomic E-state index is 14.0. The number of nitrogens with zero attached hydrogens (tertiary/aromatic N) is 2. The fourth-order valence-electron chi connectivity index (χ4n) is 4.62. The quantitative estimate of drug-likeness (QED) is 0.316. The Morgan fingerprint density at radius 2 is 1.86 bits per heavy atom. The average molecular weight is 502 g/mol. The number of allylic oxidation sites excluding steroid dienone is 1. The summed E-state index contributed by atoms with van der Waals surface area (Å²) in [5, 5.41) is 11.6. The molecule has 2 aliphatic heterocycles. The van der Waals surface area contributed by atoms with Crippen molar-refractivity contribution >= 4 is 17.6 Å². The summed E-state index contributed by atoms with van der Waals surface area (Å²) in [6.07, 6.45) is -4.75. The first-order chi connectivity index (χ1) is 17.1. The monoisotopic (exact) mass is 502 g/mol. The highest BCUT2D eigenvalue weighted by Gasteiger charge is 2.47. The minimum Gasteiger partial charge on any atom is -0.463 e. The molecule has 0 aromatic heterocycles. The molecule has 1 atom stereocenters. The molecule has 0 aliphatic carbocycles. The Bertz CT molecular complexity index is 1310. The lowest BCUT2D eigenvalue weighted by molar-refractivity contribution is -0.385. The van der Waals surface area contributed by atoms with Gasteiger partial charge in [0.2, 0.25) is 0 Å². The Labute approximate surface area is 203 Å². The second-order valence-corrected chi connectivity index (χ2v) is 8.15. The number of alkyl halides is 3. The molecule has 188 valence electrons. The van der Waals surface area contributed by atoms with Gasteiger partial charge in [-0.25, -0.2) is 9.59 Å². The van der Waals surface area contributed by atoms with Crippen LogP contribution in [0.2, 0.25) is 0 Å². The van der Waals surface area contributed by atoms with E-state index in [9.17, 15) is 32.9 Å². The van der Waals surface area contributed by atoms with E-state index < -0.39 is 34.5 Å². The summed E-state index contributed by atoms with van der Waals surface area (Å²) in [6, 6.07) is 10.7. The second kappa shape index (κ2) is 9.48. The lowest BCUT2D eigenvalue weighted by atomic mass is 9.78. The fraction of sp³-hybridized carbons (Fsp3) is 0.280. The van der Waals surface area contributed by atoms with Crippen molar-refractivity contribution in [3.63, 3.8) is 0 Å². The van der Waals surface area contributed by atoms with E-state index in [1.54, 1.807) is 13.0 Å². The molecule has 0 saturated carbocycles. The molecule has 0 amide bonds. The number of carbonyl (C=O) groups excluding carboxylic acids is 2. The molecule has 0 fully saturated rings. The predicted octanol–water partition coefficient (Wildman–Crippen LogP) is 4.86. The molecular weight excluding hydrogens is 481 g/mol. The van der Waals surface area contributed by atoms with Crippen molar-refractivity contribution in [3.05, 3.63) is 97.9 Å². The number of benzene rings is 2. The van der Waals surface area contributed by atoms with E-state index in [1.165, 1.54) is 48.2 Å². The van der Waals surface area contributed by atoms with Gasteiger partial charge in [0.25, 0.3) is 5.69 Å². The van der Waals surface area contributed by atoms with Crippen LogP contribution in [-0.2, 0) is 31.8 Å². The average Bonchev–Trinajstić information content (AvgIpc) is 3.21. The first-order valence-electron chi connectivity index (χ1n) is 11.0. The number of hydrogen-bond acceptors (Lipinski definition) is 7. The van der Waals surface area contributed by atoms with Crippen LogP contribution in [0.25, 0.3) is 0 Å². The number of carbonyl (C=O) groups is 2. The van der Waals surface area contributed by atoms with Crippen molar-refractivity contribution in [1.29, 1.82) is 0 Å². The van der Waals surface area contributed by atoms with Crippen molar-refractivity contribution < 1.29 is 37.2 Å². The summed E-state index contributed by atoms with van der Waals surface area (Å²) in [4.78, 5) is 38.5. The number of cyclic esters (lactones) is 1. The van der Waals surface area contributed by atoms with Crippen molar-refractivity contribution in [1.82, 2.24) is 4.90 Å². The van der Waals surface area contributed by atoms with Crippen LogP contribution in [0.5, 0.6) is 0 Å². The third-order valence-corrected chi connectivity index (χ3v) is 6.16. The largest absolute Gasteiger partial charge is 0.463 e. The van der Waals surface area contributed by atoms with E-state index in [0.29, 0.717) is 0 Å². The van der Waals surface area contributed by atoms with E-state index in [-0.39, 0.29) is 59.1 Å². The van der Waals surface area contributed by atoms with Crippen LogP contribution in [0.15, 0.2) is 71.1 Å². The molecule has 2 aromatic carbocycles. The Hall–Kier alpha value is -4.15. The van der Waals surface area contributed by atoms with Crippen molar-refractivity contribution in [2.75, 3.05) is 13.2 Å². The first kappa shape index (κ1) is 25.0. The molecule has 0 radical (unpaired) electrons. The van der Waals surface area contributed by atoms with Crippen LogP contribution in [0.4, 0.5) is 18.9 Å². The standard InChI is InChI=1S/C25H21F3N2O6/c1-3-35-23(31)20-14(2)29(12-15-8-4-7-11-18(15)30(33)34)19-13-36-24(32)22(19)21(20)16-9-5-6-10-17(16)25(26,27)28/h4-11,21H,3,12-13H2,1-2H3. The number of nitro benzene ring substituents is 1. The van der Waals surface area contributed by atoms with Gasteiger partial charge in [-0.15, -0.1) is 0 Å². The molecule has 1 unspecified atom stereocenters. The highest BCUT2D eigenvalue weighted by atomic mass is 19.4. The molecular formula is C25H21F3N2O6. The zero-order valence-corrected chi connectivity index (χ0v) is 19.3. The van der Waals surface area contributed by atoms with Gasteiger partial charge >= 0.3 is 18.1 Å². The zero-order valence-electron chi connectivity index (χ0n) is 19.3. The molecule has 4 rings (SSSR count). The fourth-order valence-corrected chi connectivity index (χ4v) is 4.62. The molecule has 2 heterocycles. The molecule has 11 heteroatoms. The van der Waals surface area contributed by atoms with E-state index in [2.05, 4.69) is 0 Å². The third kappa shape index (κ3) is 4.32. The van der Waals surface area contributed by atoms with E-state index in [0.717, 1.165) is 6.07 Å². The van der Waals surface area contributed by atoms with Gasteiger partial charge in [-0.1, -0.05) is 36.4 Å². The molecule has 36 heavy (non-hydrogen) atoms. The minimum atomic E-state index is -4.75. The van der Waals surface area contributed by atoms with E-state index in [4.69, 9.17) is 9.47 Å². The molecule has 8 nitrogen and oxygen atoms in total. The van der Waals surface area contributed by atoms with Crippen molar-refractivity contribution in [2.24, 2.45) is 0 Å². The summed E-state index contributed by atoms with van der Waals surface area (Å²) >= 11 is 0. The second-order valence-electron chi connectivity index (χ2n) is 8.15. The normalized spacial score (nSPS) is 17.8. The predicted molar refractivity (Wildman–Crippen MR) is 120 cm³/mol. The number of rotatable bonds is 6. The number of ether oxygens (including phenoxy) is 2. The maximum Gasteiger partial charge on any atom is 0.416 e. The van der Waals surface area contributed by atoms with Gasteiger partial charge in [0.05, 0.1) is 46.4 Å². The third-order valence-electron chi connectivity index (χ3n) is 6.16. The zero-order chi connectivity index (χ0) is 26.2. The molecule has 2 aliphatic rings. The highest BCUT2D eigenvalue weighted by molar-refractivity contribution is 6.01. The topological polar surface area (TPSA) is 99.0 Å². The summed E-state index contributed by atoms with van der Waals surface area (Å²) < 4.78 is 52.3. The molecule has 0 N–H and O–H groups in total. The number of hydrogen-bond donors (Lipinski definition) is 0. The number of esters is 2. The van der Waals surface area contributed by atoms with Crippen LogP contribution >= 0.6 is 0 Å². The smallest absolute Gasteiger partial charge is 0.416 e. The van der Waals surface area contributed by atoms with Gasteiger partial charge in [-0.05, 0) is 25.5 Å². The van der Waals surface area contributed by atoms with Gasteiger partial charge in [0.15, 0.2) is 0 Å². The number of halogens is 3. The van der Waals surface area contributed by atoms with E-state index >= 15 is 0 Å². The number of para-hydroxylation sites is 1. The van der Waals surface area contributed by atoms with Gasteiger partial charge in [-0.2, -0.15) is 13.2 Å². The van der Waals surface area contributed by atoms with Crippen molar-refractivity contribution in [2.45, 2.75) is 32.5 Å². The van der Waals surface area contributed by atoms with Crippen LogP contribution in [0.3, 0.4) is 0 Å². The lowest BCUT2D eigenvalue weighted by Crippen LogP contribution is -2.34. The van der Waals surface area contributed by atoms with E-state index in [1.807, 2.05) is 0 Å². The Balaban J connectivity index is 1.96. The maximum atomic E-state index is 14.0. The van der Waals surface area contributed by atoms with Crippen LogP contribution in [-0.4, -0.2) is 35.0 Å². The van der Waals surface area contributed by atoms with Gasteiger partial charge in [-0.3, -0.25) is 10.1 Å².